The van der Waals surface area contributed by atoms with E-state index < -0.39 is 10.0 Å². The first-order valence-electron chi connectivity index (χ1n) is 6.95. The average molecular weight is 334 g/mol. The fourth-order valence-electron chi connectivity index (χ4n) is 2.43. The molecule has 1 fully saturated rings. The van der Waals surface area contributed by atoms with Gasteiger partial charge in [0.25, 0.3) is 0 Å². The van der Waals surface area contributed by atoms with E-state index in [1.807, 2.05) is 0 Å². The van der Waals surface area contributed by atoms with E-state index in [9.17, 15) is 13.5 Å². The number of hydrogen-bond donors (Lipinski definition) is 2. The number of nitrogens with one attached hydrogen (secondary N) is 1. The van der Waals surface area contributed by atoms with Crippen molar-refractivity contribution in [3.63, 3.8) is 0 Å². The molecular weight excluding hydrogens is 314 g/mol. The number of benzene rings is 1. The summed E-state index contributed by atoms with van der Waals surface area (Å²) < 4.78 is 32.5. The fraction of sp³-hybridized carbons (Fsp3) is 0.571. The predicted molar refractivity (Wildman–Crippen MR) is 81.1 cm³/mol. The molecule has 1 aromatic carbocycles. The summed E-state index contributed by atoms with van der Waals surface area (Å²) in [7, 11) is -2.34. The molecule has 0 amide bonds. The van der Waals surface area contributed by atoms with Gasteiger partial charge in [-0.3, -0.25) is 0 Å². The molecule has 1 aliphatic carbocycles. The van der Waals surface area contributed by atoms with Gasteiger partial charge in [0.2, 0.25) is 10.0 Å². The van der Waals surface area contributed by atoms with Gasteiger partial charge in [-0.1, -0.05) is 30.9 Å². The average Bonchev–Trinajstić information content (AvgIpc) is 2.40. The zero-order valence-electron chi connectivity index (χ0n) is 11.9. The van der Waals surface area contributed by atoms with Crippen LogP contribution in [-0.4, -0.2) is 27.2 Å². The molecule has 7 heteroatoms. The first-order valence-corrected chi connectivity index (χ1v) is 8.81. The van der Waals surface area contributed by atoms with Crippen LogP contribution in [0.2, 0.25) is 5.02 Å². The summed E-state index contributed by atoms with van der Waals surface area (Å²) in [6.45, 7) is 0.0610. The zero-order valence-corrected chi connectivity index (χ0v) is 13.5. The molecule has 1 saturated carbocycles. The van der Waals surface area contributed by atoms with Crippen LogP contribution in [0.1, 0.15) is 31.2 Å². The Morgan fingerprint density at radius 2 is 2.14 bits per heavy atom. The Kier molecular flexibility index (Phi) is 5.48. The highest BCUT2D eigenvalue weighted by molar-refractivity contribution is 7.89. The number of aliphatic hydroxyl groups excluding tert-OH is 1. The smallest absolute Gasteiger partial charge is 0.244 e. The lowest BCUT2D eigenvalue weighted by Crippen LogP contribution is -2.28. The Morgan fingerprint density at radius 3 is 2.67 bits per heavy atom. The first kappa shape index (κ1) is 16.5. The van der Waals surface area contributed by atoms with Crippen molar-refractivity contribution in [2.45, 2.75) is 37.2 Å². The predicted octanol–water partition coefficient (Wildman–Crippen LogP) is 2.31. The third-order valence-electron chi connectivity index (χ3n) is 3.83. The maximum absolute atomic E-state index is 12.4. The molecule has 21 heavy (non-hydrogen) atoms. The van der Waals surface area contributed by atoms with Crippen LogP contribution in [0.5, 0.6) is 5.75 Å². The summed E-state index contributed by atoms with van der Waals surface area (Å²) >= 11 is 5.92. The summed E-state index contributed by atoms with van der Waals surface area (Å²) in [5, 5.41) is 9.55. The van der Waals surface area contributed by atoms with E-state index in [0.29, 0.717) is 18.0 Å². The second-order valence-corrected chi connectivity index (χ2v) is 7.41. The summed E-state index contributed by atoms with van der Waals surface area (Å²) in [6.07, 6.45) is 4.43. The lowest BCUT2D eigenvalue weighted by molar-refractivity contribution is 0.272. The van der Waals surface area contributed by atoms with Gasteiger partial charge in [-0.25, -0.2) is 13.1 Å². The lowest BCUT2D eigenvalue weighted by Gasteiger charge is -2.25. The summed E-state index contributed by atoms with van der Waals surface area (Å²) in [5.74, 6) is 0.764. The van der Waals surface area contributed by atoms with Gasteiger partial charge < -0.3 is 9.84 Å². The van der Waals surface area contributed by atoms with Crippen LogP contribution in [-0.2, 0) is 16.6 Å². The molecule has 118 valence electrons. The van der Waals surface area contributed by atoms with Crippen molar-refractivity contribution in [3.05, 3.63) is 22.7 Å². The van der Waals surface area contributed by atoms with Crippen LogP contribution in [0, 0.1) is 5.92 Å². The number of sulfonamides is 1. The molecule has 0 spiro atoms. The molecule has 0 bridgehead atoms. The minimum Gasteiger partial charge on any atom is -0.495 e. The first-order chi connectivity index (χ1) is 9.97. The second-order valence-electron chi connectivity index (χ2n) is 5.24. The number of hydrogen-bond acceptors (Lipinski definition) is 4. The van der Waals surface area contributed by atoms with Gasteiger partial charge in [-0.15, -0.1) is 0 Å². The molecule has 0 saturated heterocycles. The Bertz CT molecular complexity index is 599. The van der Waals surface area contributed by atoms with E-state index in [1.54, 1.807) is 0 Å². The fourth-order valence-corrected chi connectivity index (χ4v) is 4.02. The number of ether oxygens (including phenoxy) is 1. The van der Waals surface area contributed by atoms with Crippen molar-refractivity contribution < 1.29 is 18.3 Å². The highest BCUT2D eigenvalue weighted by Gasteiger charge is 2.24. The van der Waals surface area contributed by atoms with Crippen molar-refractivity contribution in [2.75, 3.05) is 13.7 Å². The van der Waals surface area contributed by atoms with E-state index in [2.05, 4.69) is 4.72 Å². The molecule has 5 nitrogen and oxygen atoms in total. The van der Waals surface area contributed by atoms with Gasteiger partial charge >= 0.3 is 0 Å². The number of halogens is 1. The molecular formula is C14H20ClNO4S. The summed E-state index contributed by atoms with van der Waals surface area (Å²) in [4.78, 5) is -0.0323. The summed E-state index contributed by atoms with van der Waals surface area (Å²) in [6, 6.07) is 2.83. The van der Waals surface area contributed by atoms with E-state index >= 15 is 0 Å². The third-order valence-corrected chi connectivity index (χ3v) is 5.51. The monoisotopic (exact) mass is 333 g/mol. The highest BCUT2D eigenvalue weighted by atomic mass is 35.5. The SMILES string of the molecule is COc1c(CO)cc(Cl)cc1S(=O)(=O)NCCC1CCC1. The third kappa shape index (κ3) is 3.88. The largest absolute Gasteiger partial charge is 0.495 e. The van der Waals surface area contributed by atoms with Gasteiger partial charge in [0.15, 0.2) is 0 Å². The van der Waals surface area contributed by atoms with Gasteiger partial charge in [0.05, 0.1) is 13.7 Å². The molecule has 0 unspecified atom stereocenters. The molecule has 0 aromatic heterocycles. The molecule has 1 aromatic rings. The molecule has 1 aliphatic rings. The maximum Gasteiger partial charge on any atom is 0.244 e. The topological polar surface area (TPSA) is 75.6 Å². The molecule has 2 N–H and O–H groups in total. The standard InChI is InChI=1S/C14H20ClNO4S/c1-20-14-11(9-17)7-12(15)8-13(14)21(18,19)16-6-5-10-3-2-4-10/h7-8,10,16-17H,2-6,9H2,1H3. The molecule has 0 heterocycles. The minimum atomic E-state index is -3.71. The van der Waals surface area contributed by atoms with E-state index in [0.717, 1.165) is 6.42 Å². The van der Waals surface area contributed by atoms with Crippen LogP contribution in [0.25, 0.3) is 0 Å². The van der Waals surface area contributed by atoms with Crippen LogP contribution in [0.15, 0.2) is 17.0 Å². The molecule has 0 aliphatic heterocycles. The molecule has 2 rings (SSSR count). The normalized spacial score (nSPS) is 15.8. The Morgan fingerprint density at radius 1 is 1.43 bits per heavy atom. The van der Waals surface area contributed by atoms with Crippen molar-refractivity contribution in [2.24, 2.45) is 5.92 Å². The van der Waals surface area contributed by atoms with Gasteiger partial charge in [-0.2, -0.15) is 0 Å². The molecule has 0 atom stereocenters. The Hall–Kier alpha value is -0.820. The quantitative estimate of drug-likeness (QED) is 0.803. The van der Waals surface area contributed by atoms with Gasteiger partial charge in [-0.05, 0) is 24.5 Å². The highest BCUT2D eigenvalue weighted by Crippen LogP contribution is 2.32. The maximum atomic E-state index is 12.4. The van der Waals surface area contributed by atoms with Crippen LogP contribution in [0.4, 0.5) is 0 Å². The number of aliphatic hydroxyl groups is 1. The van der Waals surface area contributed by atoms with E-state index in [1.165, 1.54) is 38.5 Å². The van der Waals surface area contributed by atoms with Crippen LogP contribution in [0.3, 0.4) is 0 Å². The van der Waals surface area contributed by atoms with E-state index in [4.69, 9.17) is 16.3 Å². The lowest BCUT2D eigenvalue weighted by atomic mass is 9.83. The second kappa shape index (κ2) is 6.96. The number of rotatable bonds is 7. The van der Waals surface area contributed by atoms with Gasteiger partial charge in [0.1, 0.15) is 10.6 Å². The minimum absolute atomic E-state index is 0.0323. The van der Waals surface area contributed by atoms with Crippen LogP contribution >= 0.6 is 11.6 Å². The Labute approximate surface area is 130 Å². The van der Waals surface area contributed by atoms with Crippen molar-refractivity contribution >= 4 is 21.6 Å². The van der Waals surface area contributed by atoms with Crippen LogP contribution < -0.4 is 9.46 Å². The van der Waals surface area contributed by atoms with Crippen molar-refractivity contribution in [3.8, 4) is 5.75 Å². The summed E-state index contributed by atoms with van der Waals surface area (Å²) in [5.41, 5.74) is 0.351. The number of methoxy groups -OCH3 is 1. The Balaban J connectivity index is 2.19. The van der Waals surface area contributed by atoms with E-state index in [-0.39, 0.29) is 22.3 Å². The van der Waals surface area contributed by atoms with Crippen molar-refractivity contribution in [1.29, 1.82) is 0 Å². The molecule has 0 radical (unpaired) electrons. The zero-order chi connectivity index (χ0) is 15.5. The van der Waals surface area contributed by atoms with Crippen molar-refractivity contribution in [1.82, 2.24) is 4.72 Å². The van der Waals surface area contributed by atoms with Gasteiger partial charge in [0, 0.05) is 17.1 Å².